The first kappa shape index (κ1) is 17.4. The number of carbonyl (C=O) groups excluding carboxylic acids is 1. The molecule has 4 aromatic heterocycles. The molecule has 0 saturated carbocycles. The molecule has 1 N–H and O–H groups in total. The van der Waals surface area contributed by atoms with Crippen molar-refractivity contribution in [2.75, 3.05) is 5.32 Å². The third-order valence-corrected chi connectivity index (χ3v) is 5.26. The molecule has 5 aromatic rings. The molecule has 1 aromatic carbocycles. The molecule has 0 aliphatic rings. The van der Waals surface area contributed by atoms with Crippen LogP contribution in [0.1, 0.15) is 17.4 Å². The average molecular weight is 404 g/mol. The average Bonchev–Trinajstić information content (AvgIpc) is 3.51. The Labute approximate surface area is 169 Å². The predicted molar refractivity (Wildman–Crippen MR) is 110 cm³/mol. The summed E-state index contributed by atoms with van der Waals surface area (Å²) in [5, 5.41) is 12.9. The molecule has 1 amide bonds. The summed E-state index contributed by atoms with van der Waals surface area (Å²) in [6, 6.07) is 9.16. The van der Waals surface area contributed by atoms with Gasteiger partial charge in [-0.3, -0.25) is 13.9 Å². The summed E-state index contributed by atoms with van der Waals surface area (Å²) in [5.41, 5.74) is 3.42. The number of nitrogens with one attached hydrogen (secondary N) is 1. The Kier molecular flexibility index (Phi) is 4.21. The van der Waals surface area contributed by atoms with Gasteiger partial charge in [0, 0.05) is 47.8 Å². The van der Waals surface area contributed by atoms with Crippen LogP contribution in [-0.2, 0) is 6.54 Å². The van der Waals surface area contributed by atoms with Gasteiger partial charge < -0.3 is 9.84 Å². The van der Waals surface area contributed by atoms with Crippen LogP contribution in [0.5, 0.6) is 0 Å². The number of hydrogen-bond donors (Lipinski definition) is 1. The Morgan fingerprint density at radius 3 is 3.00 bits per heavy atom. The van der Waals surface area contributed by atoms with Crippen molar-refractivity contribution >= 4 is 27.9 Å². The van der Waals surface area contributed by atoms with Gasteiger partial charge in [0.2, 0.25) is 0 Å². The molecular weight excluding hydrogens is 388 g/mol. The minimum absolute atomic E-state index is 0.206. The van der Waals surface area contributed by atoms with Gasteiger partial charge in [0.25, 0.3) is 5.91 Å². The Morgan fingerprint density at radius 1 is 1.24 bits per heavy atom. The molecular formula is C20H16N6O2S. The molecule has 4 heterocycles. The zero-order valence-electron chi connectivity index (χ0n) is 15.4. The maximum atomic E-state index is 12.6. The van der Waals surface area contributed by atoms with Gasteiger partial charge in [0.1, 0.15) is 0 Å². The van der Waals surface area contributed by atoms with Crippen molar-refractivity contribution < 1.29 is 9.32 Å². The molecule has 0 aliphatic carbocycles. The van der Waals surface area contributed by atoms with Gasteiger partial charge in [0.15, 0.2) is 16.4 Å². The highest BCUT2D eigenvalue weighted by Gasteiger charge is 2.15. The van der Waals surface area contributed by atoms with Crippen LogP contribution in [0.2, 0.25) is 0 Å². The van der Waals surface area contributed by atoms with E-state index in [1.165, 1.54) is 0 Å². The normalized spacial score (nSPS) is 11.2. The summed E-state index contributed by atoms with van der Waals surface area (Å²) in [7, 11) is 0. The first-order valence-corrected chi connectivity index (χ1v) is 9.91. The van der Waals surface area contributed by atoms with Crippen molar-refractivity contribution in [2.24, 2.45) is 0 Å². The quantitative estimate of drug-likeness (QED) is 0.474. The zero-order chi connectivity index (χ0) is 19.8. The van der Waals surface area contributed by atoms with Gasteiger partial charge in [-0.15, -0.1) is 11.3 Å². The number of aromatic nitrogens is 5. The van der Waals surface area contributed by atoms with Crippen LogP contribution in [-0.4, -0.2) is 30.2 Å². The van der Waals surface area contributed by atoms with E-state index in [4.69, 9.17) is 4.52 Å². The van der Waals surface area contributed by atoms with Gasteiger partial charge in [-0.1, -0.05) is 17.3 Å². The van der Waals surface area contributed by atoms with Crippen molar-refractivity contribution in [2.45, 2.75) is 13.5 Å². The van der Waals surface area contributed by atoms with Crippen LogP contribution >= 0.6 is 11.3 Å². The summed E-state index contributed by atoms with van der Waals surface area (Å²) >= 11 is 1.58. The van der Waals surface area contributed by atoms with Crippen LogP contribution < -0.4 is 5.32 Å². The molecule has 9 heteroatoms. The van der Waals surface area contributed by atoms with E-state index in [1.54, 1.807) is 28.3 Å². The van der Waals surface area contributed by atoms with Crippen molar-refractivity contribution in [1.29, 1.82) is 0 Å². The second-order valence-electron chi connectivity index (χ2n) is 6.42. The lowest BCUT2D eigenvalue weighted by Crippen LogP contribution is -2.12. The van der Waals surface area contributed by atoms with Crippen LogP contribution in [0.15, 0.2) is 65.0 Å². The minimum atomic E-state index is -0.342. The third-order valence-electron chi connectivity index (χ3n) is 4.49. The number of aryl methyl sites for hydroxylation is 1. The number of fused-ring (bicyclic) bond motifs is 1. The van der Waals surface area contributed by atoms with Gasteiger partial charge in [-0.2, -0.15) is 5.10 Å². The molecule has 0 spiro atoms. The number of nitrogens with zero attached hydrogens (tertiary/aromatic N) is 5. The molecule has 29 heavy (non-hydrogen) atoms. The molecule has 8 nitrogen and oxygen atoms in total. The van der Waals surface area contributed by atoms with Gasteiger partial charge in [0.05, 0.1) is 17.5 Å². The number of imidazole rings is 1. The standard InChI is InChI=1S/C20H16N6O2S/c1-2-26-11-14(10-21-26)18-9-16(24-28-18)19(27)22-15-5-3-4-13(8-15)17-12-25-6-7-29-20(25)23-17/h3-12H,2H2,1H3,(H,22,27). The summed E-state index contributed by atoms with van der Waals surface area (Å²) in [6.45, 7) is 2.75. The van der Waals surface area contributed by atoms with Crippen molar-refractivity contribution in [3.05, 3.63) is 66.2 Å². The summed E-state index contributed by atoms with van der Waals surface area (Å²) in [5.74, 6) is 0.160. The SMILES string of the molecule is CCn1cc(-c2cc(C(=O)Nc3cccc(-c4cn5ccsc5n4)c3)no2)cn1. The number of rotatable bonds is 5. The largest absolute Gasteiger partial charge is 0.355 e. The molecule has 0 saturated heterocycles. The molecule has 0 aliphatic heterocycles. The minimum Gasteiger partial charge on any atom is -0.355 e. The fourth-order valence-corrected chi connectivity index (χ4v) is 3.70. The molecule has 0 atom stereocenters. The first-order chi connectivity index (χ1) is 14.2. The number of anilines is 1. The first-order valence-electron chi connectivity index (χ1n) is 9.03. The van der Waals surface area contributed by atoms with Gasteiger partial charge >= 0.3 is 0 Å². The smallest absolute Gasteiger partial charge is 0.277 e. The maximum Gasteiger partial charge on any atom is 0.277 e. The Morgan fingerprint density at radius 2 is 2.17 bits per heavy atom. The third kappa shape index (κ3) is 3.32. The second-order valence-corrected chi connectivity index (χ2v) is 7.29. The Hall–Kier alpha value is -3.72. The molecule has 0 fully saturated rings. The van der Waals surface area contributed by atoms with E-state index in [9.17, 15) is 4.79 Å². The molecule has 5 rings (SSSR count). The molecule has 144 valence electrons. The number of benzene rings is 1. The molecule has 0 bridgehead atoms. The summed E-state index contributed by atoms with van der Waals surface area (Å²) < 4.78 is 9.07. The summed E-state index contributed by atoms with van der Waals surface area (Å²) in [6.07, 6.45) is 7.47. The monoisotopic (exact) mass is 404 g/mol. The lowest BCUT2D eigenvalue weighted by Gasteiger charge is -2.04. The van der Waals surface area contributed by atoms with Gasteiger partial charge in [-0.25, -0.2) is 4.98 Å². The van der Waals surface area contributed by atoms with Crippen LogP contribution in [0.3, 0.4) is 0 Å². The van der Waals surface area contributed by atoms with E-state index in [0.717, 1.165) is 28.3 Å². The van der Waals surface area contributed by atoms with E-state index in [1.807, 2.05) is 59.6 Å². The highest BCUT2D eigenvalue weighted by atomic mass is 32.1. The second kappa shape index (κ2) is 7.02. The number of amides is 1. The number of carbonyl (C=O) groups is 1. The summed E-state index contributed by atoms with van der Waals surface area (Å²) in [4.78, 5) is 18.1. The number of hydrogen-bond acceptors (Lipinski definition) is 6. The van der Waals surface area contributed by atoms with E-state index in [-0.39, 0.29) is 11.6 Å². The zero-order valence-corrected chi connectivity index (χ0v) is 16.3. The fraction of sp³-hybridized carbons (Fsp3) is 0.100. The molecule has 0 unspecified atom stereocenters. The Bertz CT molecular complexity index is 1280. The lowest BCUT2D eigenvalue weighted by molar-refractivity contribution is 0.101. The Balaban J connectivity index is 1.35. The van der Waals surface area contributed by atoms with Crippen molar-refractivity contribution in [3.8, 4) is 22.6 Å². The van der Waals surface area contributed by atoms with Crippen molar-refractivity contribution in [1.82, 2.24) is 24.3 Å². The highest BCUT2D eigenvalue weighted by molar-refractivity contribution is 7.15. The van der Waals surface area contributed by atoms with Crippen LogP contribution in [0.4, 0.5) is 5.69 Å². The van der Waals surface area contributed by atoms with Crippen molar-refractivity contribution in [3.63, 3.8) is 0 Å². The van der Waals surface area contributed by atoms with Crippen LogP contribution in [0, 0.1) is 0 Å². The van der Waals surface area contributed by atoms with Crippen LogP contribution in [0.25, 0.3) is 27.5 Å². The predicted octanol–water partition coefficient (Wildman–Crippen LogP) is 4.19. The topological polar surface area (TPSA) is 90.2 Å². The maximum absolute atomic E-state index is 12.6. The van der Waals surface area contributed by atoms with E-state index >= 15 is 0 Å². The van der Waals surface area contributed by atoms with E-state index < -0.39 is 0 Å². The highest BCUT2D eigenvalue weighted by Crippen LogP contribution is 2.25. The van der Waals surface area contributed by atoms with E-state index in [2.05, 4.69) is 20.6 Å². The molecule has 0 radical (unpaired) electrons. The lowest BCUT2D eigenvalue weighted by atomic mass is 10.1. The number of thiazole rings is 1. The fourth-order valence-electron chi connectivity index (χ4n) is 3.00. The van der Waals surface area contributed by atoms with Gasteiger partial charge in [-0.05, 0) is 19.1 Å². The van der Waals surface area contributed by atoms with E-state index in [0.29, 0.717) is 11.4 Å².